The van der Waals surface area contributed by atoms with Gasteiger partial charge in [-0.2, -0.15) is 0 Å². The first-order valence-electron chi connectivity index (χ1n) is 7.97. The summed E-state index contributed by atoms with van der Waals surface area (Å²) < 4.78 is 13.0. The van der Waals surface area contributed by atoms with Gasteiger partial charge in [0.1, 0.15) is 22.7 Å². The summed E-state index contributed by atoms with van der Waals surface area (Å²) in [6.45, 7) is 5.12. The Morgan fingerprint density at radius 3 is 2.55 bits per heavy atom. The third kappa shape index (κ3) is 2.29. The van der Waals surface area contributed by atoms with E-state index in [0.29, 0.717) is 6.04 Å². The van der Waals surface area contributed by atoms with Crippen LogP contribution in [0.15, 0.2) is 25.4 Å². The molecule has 0 bridgehead atoms. The van der Waals surface area contributed by atoms with Crippen molar-refractivity contribution in [1.29, 1.82) is 0 Å². The third-order valence-electron chi connectivity index (χ3n) is 4.61. The Labute approximate surface area is 138 Å². The lowest BCUT2D eigenvalue weighted by molar-refractivity contribution is 0.399. The topological polar surface area (TPSA) is 38.3 Å². The summed E-state index contributed by atoms with van der Waals surface area (Å²) in [6.07, 6.45) is 4.82. The number of benzene rings is 1. The molecule has 3 nitrogen and oxygen atoms in total. The molecule has 4 rings (SSSR count). The summed E-state index contributed by atoms with van der Waals surface area (Å²) in [4.78, 5) is 0. The monoisotopic (exact) mass is 361 g/mol. The Kier molecular flexibility index (Phi) is 3.54. The lowest BCUT2D eigenvalue weighted by Crippen LogP contribution is -2.35. The quantitative estimate of drug-likeness (QED) is 0.677. The van der Waals surface area contributed by atoms with Gasteiger partial charge in [0.25, 0.3) is 0 Å². The zero-order valence-corrected chi connectivity index (χ0v) is 14.5. The molecule has 1 N–H and O–H groups in total. The molecule has 1 atom stereocenters. The van der Waals surface area contributed by atoms with Crippen molar-refractivity contribution in [2.24, 2.45) is 0 Å². The van der Waals surface area contributed by atoms with Gasteiger partial charge in [-0.15, -0.1) is 0 Å². The molecule has 0 aliphatic carbocycles. The third-order valence-corrected chi connectivity index (χ3v) is 5.40. The van der Waals surface area contributed by atoms with Gasteiger partial charge in [0, 0.05) is 22.4 Å². The van der Waals surface area contributed by atoms with Crippen molar-refractivity contribution in [3.63, 3.8) is 0 Å². The van der Waals surface area contributed by atoms with Crippen LogP contribution < -0.4 is 5.32 Å². The van der Waals surface area contributed by atoms with Crippen LogP contribution in [0.5, 0.6) is 0 Å². The van der Waals surface area contributed by atoms with Crippen molar-refractivity contribution in [2.75, 3.05) is 6.54 Å². The Hall–Kier alpha value is -1.26. The van der Waals surface area contributed by atoms with Gasteiger partial charge in [0.2, 0.25) is 0 Å². The molecule has 0 amide bonds. The Bertz CT molecular complexity index is 782. The van der Waals surface area contributed by atoms with E-state index in [2.05, 4.69) is 33.4 Å². The molecule has 4 heteroatoms. The first-order valence-corrected chi connectivity index (χ1v) is 8.77. The molecule has 116 valence electrons. The fourth-order valence-electron chi connectivity index (χ4n) is 3.59. The number of rotatable bonds is 2. The molecule has 0 spiro atoms. The molecular weight excluding hydrogens is 342 g/mol. The van der Waals surface area contributed by atoms with Gasteiger partial charge in [0.05, 0.1) is 4.47 Å². The standard InChI is InChI=1S/C18H20BrNO2/c1-10-7-13-14(9-12-5-3-4-6-20-12)17-15(8-11(2)21-17)16(19)18(13)22-10/h7-8,12,20H,3-6,9H2,1-2H3. The molecule has 1 aliphatic rings. The number of nitrogens with one attached hydrogen (secondary N) is 1. The van der Waals surface area contributed by atoms with Crippen molar-refractivity contribution in [3.8, 4) is 0 Å². The number of halogens is 1. The largest absolute Gasteiger partial charge is 0.461 e. The molecule has 0 saturated carbocycles. The van der Waals surface area contributed by atoms with E-state index in [9.17, 15) is 0 Å². The number of piperidine rings is 1. The van der Waals surface area contributed by atoms with Crippen LogP contribution >= 0.6 is 15.9 Å². The first-order chi connectivity index (χ1) is 10.6. The second-order valence-electron chi connectivity index (χ2n) is 6.34. The second kappa shape index (κ2) is 5.43. The molecule has 22 heavy (non-hydrogen) atoms. The first kappa shape index (κ1) is 14.3. The van der Waals surface area contributed by atoms with Gasteiger partial charge in [-0.05, 0) is 67.7 Å². The zero-order chi connectivity index (χ0) is 15.3. The van der Waals surface area contributed by atoms with E-state index in [1.165, 1.54) is 30.2 Å². The highest BCUT2D eigenvalue weighted by molar-refractivity contribution is 9.10. The summed E-state index contributed by atoms with van der Waals surface area (Å²) in [5.74, 6) is 1.89. The lowest BCUT2D eigenvalue weighted by atomic mass is 9.95. The van der Waals surface area contributed by atoms with Gasteiger partial charge in [-0.3, -0.25) is 0 Å². The van der Waals surface area contributed by atoms with E-state index in [-0.39, 0.29) is 0 Å². The fraction of sp³-hybridized carbons (Fsp3) is 0.444. The molecule has 3 aromatic rings. The van der Waals surface area contributed by atoms with Crippen molar-refractivity contribution in [1.82, 2.24) is 5.32 Å². The molecule has 1 aliphatic heterocycles. The van der Waals surface area contributed by atoms with E-state index in [0.717, 1.165) is 45.5 Å². The van der Waals surface area contributed by atoms with Crippen LogP contribution in [-0.2, 0) is 6.42 Å². The maximum atomic E-state index is 6.04. The minimum absolute atomic E-state index is 0.530. The highest BCUT2D eigenvalue weighted by Crippen LogP contribution is 2.40. The molecule has 1 aromatic carbocycles. The van der Waals surface area contributed by atoms with Crippen molar-refractivity contribution in [3.05, 3.63) is 33.7 Å². The van der Waals surface area contributed by atoms with Crippen LogP contribution in [0.1, 0.15) is 36.3 Å². The number of fused-ring (bicyclic) bond motifs is 2. The number of hydrogen-bond donors (Lipinski definition) is 1. The van der Waals surface area contributed by atoms with Crippen molar-refractivity contribution >= 4 is 37.9 Å². The number of furan rings is 2. The smallest absolute Gasteiger partial charge is 0.149 e. The van der Waals surface area contributed by atoms with Gasteiger partial charge in [0.15, 0.2) is 0 Å². The summed E-state index contributed by atoms with van der Waals surface area (Å²) >= 11 is 3.70. The average Bonchev–Trinajstić information content (AvgIpc) is 3.08. The van der Waals surface area contributed by atoms with E-state index in [1.54, 1.807) is 0 Å². The maximum absolute atomic E-state index is 6.04. The van der Waals surface area contributed by atoms with Crippen LogP contribution in [0.2, 0.25) is 0 Å². The highest BCUT2D eigenvalue weighted by Gasteiger charge is 2.22. The van der Waals surface area contributed by atoms with Gasteiger partial charge in [-0.1, -0.05) is 6.42 Å². The Morgan fingerprint density at radius 2 is 1.82 bits per heavy atom. The van der Waals surface area contributed by atoms with E-state index in [4.69, 9.17) is 8.83 Å². The Morgan fingerprint density at radius 1 is 1.09 bits per heavy atom. The number of aryl methyl sites for hydroxylation is 2. The second-order valence-corrected chi connectivity index (χ2v) is 7.14. The molecule has 3 heterocycles. The predicted octanol–water partition coefficient (Wildman–Crippen LogP) is 5.24. The van der Waals surface area contributed by atoms with Gasteiger partial charge >= 0.3 is 0 Å². The van der Waals surface area contributed by atoms with Crippen molar-refractivity contribution < 1.29 is 8.83 Å². The normalized spacial score (nSPS) is 19.3. The van der Waals surface area contributed by atoms with E-state index in [1.807, 2.05) is 13.8 Å². The minimum Gasteiger partial charge on any atom is -0.461 e. The van der Waals surface area contributed by atoms with E-state index >= 15 is 0 Å². The van der Waals surface area contributed by atoms with Crippen LogP contribution in [0.25, 0.3) is 21.9 Å². The summed E-state index contributed by atoms with van der Waals surface area (Å²) in [5.41, 5.74) is 3.22. The van der Waals surface area contributed by atoms with Gasteiger partial charge in [-0.25, -0.2) is 0 Å². The molecule has 1 unspecified atom stereocenters. The maximum Gasteiger partial charge on any atom is 0.149 e. The van der Waals surface area contributed by atoms with Gasteiger partial charge < -0.3 is 14.2 Å². The summed E-state index contributed by atoms with van der Waals surface area (Å²) in [5, 5.41) is 5.94. The predicted molar refractivity (Wildman–Crippen MR) is 92.5 cm³/mol. The summed E-state index contributed by atoms with van der Waals surface area (Å²) in [6, 6.07) is 4.76. The molecule has 0 radical (unpaired) electrons. The minimum atomic E-state index is 0.530. The average molecular weight is 362 g/mol. The molecule has 1 fully saturated rings. The molecule has 2 aromatic heterocycles. The lowest BCUT2D eigenvalue weighted by Gasteiger charge is -2.23. The highest BCUT2D eigenvalue weighted by atomic mass is 79.9. The van der Waals surface area contributed by atoms with E-state index < -0.39 is 0 Å². The Balaban J connectivity index is 1.93. The summed E-state index contributed by atoms with van der Waals surface area (Å²) in [7, 11) is 0. The van der Waals surface area contributed by atoms with Crippen LogP contribution in [-0.4, -0.2) is 12.6 Å². The SMILES string of the molecule is Cc1cc2c(CC3CCCCN3)c3oc(C)cc3c(Br)c2o1. The fourth-order valence-corrected chi connectivity index (χ4v) is 4.18. The van der Waals surface area contributed by atoms with Crippen molar-refractivity contribution in [2.45, 2.75) is 45.6 Å². The van der Waals surface area contributed by atoms with Crippen LogP contribution in [0.4, 0.5) is 0 Å². The van der Waals surface area contributed by atoms with Crippen LogP contribution in [0.3, 0.4) is 0 Å². The molecular formula is C18H20BrNO2. The number of hydrogen-bond acceptors (Lipinski definition) is 3. The molecule has 1 saturated heterocycles. The van der Waals surface area contributed by atoms with Crippen LogP contribution in [0, 0.1) is 13.8 Å². The zero-order valence-electron chi connectivity index (χ0n) is 13.0.